The maximum atomic E-state index is 12.5. The molecule has 0 saturated carbocycles. The van der Waals surface area contributed by atoms with Gasteiger partial charge < -0.3 is 10.2 Å². The van der Waals surface area contributed by atoms with Crippen LogP contribution in [-0.4, -0.2) is 61.4 Å². The first-order chi connectivity index (χ1) is 11.0. The van der Waals surface area contributed by atoms with E-state index < -0.39 is 9.84 Å². The third-order valence-corrected chi connectivity index (χ3v) is 4.89. The number of aromatic nitrogens is 2. The Bertz CT molecular complexity index is 823. The van der Waals surface area contributed by atoms with Crippen molar-refractivity contribution in [1.82, 2.24) is 20.0 Å². The summed E-state index contributed by atoms with van der Waals surface area (Å²) in [6.45, 7) is 2.86. The minimum atomic E-state index is -3.38. The topological polar surface area (TPSA) is 84.3 Å². The molecule has 1 aromatic carbocycles. The van der Waals surface area contributed by atoms with Gasteiger partial charge in [0.25, 0.3) is 5.91 Å². The number of nitrogens with one attached hydrogen (secondary N) is 1. The Kier molecular flexibility index (Phi) is 4.18. The molecule has 2 heterocycles. The molecular weight excluding hydrogens is 316 g/mol. The summed E-state index contributed by atoms with van der Waals surface area (Å²) in [6, 6.07) is 6.60. The highest BCUT2D eigenvalue weighted by Crippen LogP contribution is 2.20. The first-order valence-electron chi connectivity index (χ1n) is 7.31. The summed E-state index contributed by atoms with van der Waals surface area (Å²) in [5, 5.41) is 7.36. The highest BCUT2D eigenvalue weighted by atomic mass is 32.2. The fraction of sp³-hybridized carbons (Fsp3) is 0.333. The van der Waals surface area contributed by atoms with E-state index in [9.17, 15) is 13.2 Å². The number of sulfone groups is 1. The predicted octanol–water partition coefficient (Wildman–Crippen LogP) is 0.321. The molecule has 0 spiro atoms. The van der Waals surface area contributed by atoms with Gasteiger partial charge in [0.2, 0.25) is 0 Å². The predicted molar refractivity (Wildman–Crippen MR) is 85.4 cm³/mol. The zero-order valence-electron chi connectivity index (χ0n) is 12.8. The van der Waals surface area contributed by atoms with E-state index in [-0.39, 0.29) is 10.8 Å². The van der Waals surface area contributed by atoms with Crippen LogP contribution >= 0.6 is 0 Å². The van der Waals surface area contributed by atoms with E-state index >= 15 is 0 Å². The molecule has 1 amide bonds. The highest BCUT2D eigenvalue weighted by Gasteiger charge is 2.21. The van der Waals surface area contributed by atoms with Crippen molar-refractivity contribution in [2.45, 2.75) is 4.90 Å². The number of amides is 1. The monoisotopic (exact) mass is 334 g/mol. The van der Waals surface area contributed by atoms with Crippen molar-refractivity contribution < 1.29 is 13.2 Å². The van der Waals surface area contributed by atoms with Gasteiger partial charge in [0.1, 0.15) is 0 Å². The molecule has 1 aliphatic heterocycles. The van der Waals surface area contributed by atoms with Crippen LogP contribution in [0.1, 0.15) is 10.4 Å². The number of rotatable bonds is 3. The van der Waals surface area contributed by atoms with Crippen LogP contribution < -0.4 is 5.32 Å². The highest BCUT2D eigenvalue weighted by molar-refractivity contribution is 7.90. The van der Waals surface area contributed by atoms with E-state index in [1.807, 2.05) is 0 Å². The fourth-order valence-corrected chi connectivity index (χ4v) is 3.44. The summed E-state index contributed by atoms with van der Waals surface area (Å²) in [5.74, 6) is -0.0883. The molecule has 1 aliphatic rings. The third kappa shape index (κ3) is 3.27. The van der Waals surface area contributed by atoms with Gasteiger partial charge in [-0.2, -0.15) is 5.10 Å². The standard InChI is InChI=1S/C15H18N4O3S/c1-23(21,22)14-5-3-2-4-13(14)19-11-12(10-17-19)15(20)18-8-6-16-7-9-18/h2-5,10-11,16H,6-9H2,1H3. The molecule has 2 aromatic rings. The van der Waals surface area contributed by atoms with Gasteiger partial charge in [-0.3, -0.25) is 4.79 Å². The number of hydrogen-bond donors (Lipinski definition) is 1. The van der Waals surface area contributed by atoms with Gasteiger partial charge in [0.15, 0.2) is 9.84 Å². The van der Waals surface area contributed by atoms with Crippen molar-refractivity contribution in [2.24, 2.45) is 0 Å². The van der Waals surface area contributed by atoms with Crippen LogP contribution in [0.2, 0.25) is 0 Å². The number of hydrogen-bond acceptors (Lipinski definition) is 5. The Hall–Kier alpha value is -2.19. The largest absolute Gasteiger partial charge is 0.336 e. The lowest BCUT2D eigenvalue weighted by Gasteiger charge is -2.26. The number of carbonyl (C=O) groups excluding carboxylic acids is 1. The van der Waals surface area contributed by atoms with E-state index in [2.05, 4.69) is 10.4 Å². The van der Waals surface area contributed by atoms with Crippen LogP contribution in [0.15, 0.2) is 41.6 Å². The molecule has 0 aliphatic carbocycles. The molecule has 1 aromatic heterocycles. The number of benzene rings is 1. The molecule has 1 N–H and O–H groups in total. The SMILES string of the molecule is CS(=O)(=O)c1ccccc1-n1cc(C(=O)N2CCNCC2)cn1. The number of piperazine rings is 1. The summed E-state index contributed by atoms with van der Waals surface area (Å²) in [7, 11) is -3.38. The van der Waals surface area contributed by atoms with Crippen molar-refractivity contribution in [3.8, 4) is 5.69 Å². The smallest absolute Gasteiger partial charge is 0.257 e. The van der Waals surface area contributed by atoms with Gasteiger partial charge in [-0.1, -0.05) is 12.1 Å². The summed E-state index contributed by atoms with van der Waals surface area (Å²) in [4.78, 5) is 14.4. The van der Waals surface area contributed by atoms with Crippen molar-refractivity contribution in [2.75, 3.05) is 32.4 Å². The molecule has 0 atom stereocenters. The first kappa shape index (κ1) is 15.7. The van der Waals surface area contributed by atoms with Crippen molar-refractivity contribution in [3.63, 3.8) is 0 Å². The molecule has 0 bridgehead atoms. The van der Waals surface area contributed by atoms with Gasteiger partial charge in [-0.05, 0) is 12.1 Å². The zero-order valence-corrected chi connectivity index (χ0v) is 13.6. The summed E-state index contributed by atoms with van der Waals surface area (Å²) in [6.07, 6.45) is 4.21. The van der Waals surface area contributed by atoms with Crippen LogP contribution in [0, 0.1) is 0 Å². The van der Waals surface area contributed by atoms with Gasteiger partial charge in [-0.25, -0.2) is 13.1 Å². The van der Waals surface area contributed by atoms with Crippen LogP contribution in [-0.2, 0) is 9.84 Å². The Balaban J connectivity index is 1.92. The summed E-state index contributed by atoms with van der Waals surface area (Å²) >= 11 is 0. The van der Waals surface area contributed by atoms with Crippen LogP contribution in [0.5, 0.6) is 0 Å². The van der Waals surface area contributed by atoms with Crippen molar-refractivity contribution >= 4 is 15.7 Å². The third-order valence-electron chi connectivity index (χ3n) is 3.75. The molecule has 3 rings (SSSR count). The number of carbonyl (C=O) groups is 1. The maximum absolute atomic E-state index is 12.5. The first-order valence-corrected chi connectivity index (χ1v) is 9.20. The minimum absolute atomic E-state index is 0.0883. The number of para-hydroxylation sites is 1. The molecular formula is C15H18N4O3S. The lowest BCUT2D eigenvalue weighted by Crippen LogP contribution is -2.46. The molecule has 1 saturated heterocycles. The zero-order chi connectivity index (χ0) is 16.4. The van der Waals surface area contributed by atoms with Crippen LogP contribution in [0.3, 0.4) is 0 Å². The Morgan fingerprint density at radius 2 is 1.91 bits per heavy atom. The van der Waals surface area contributed by atoms with Crippen molar-refractivity contribution in [3.05, 3.63) is 42.2 Å². The summed E-state index contributed by atoms with van der Waals surface area (Å²) < 4.78 is 25.2. The van der Waals surface area contributed by atoms with Gasteiger partial charge in [0, 0.05) is 38.6 Å². The Morgan fingerprint density at radius 1 is 1.22 bits per heavy atom. The maximum Gasteiger partial charge on any atom is 0.257 e. The minimum Gasteiger partial charge on any atom is -0.336 e. The second kappa shape index (κ2) is 6.13. The second-order valence-corrected chi connectivity index (χ2v) is 7.44. The van der Waals surface area contributed by atoms with Crippen LogP contribution in [0.4, 0.5) is 0 Å². The van der Waals surface area contributed by atoms with Crippen molar-refractivity contribution in [1.29, 1.82) is 0 Å². The van der Waals surface area contributed by atoms with E-state index in [1.54, 1.807) is 29.3 Å². The fourth-order valence-electron chi connectivity index (χ4n) is 2.58. The lowest BCUT2D eigenvalue weighted by molar-refractivity contribution is 0.0736. The van der Waals surface area contributed by atoms with E-state index in [1.165, 1.54) is 16.9 Å². The lowest BCUT2D eigenvalue weighted by atomic mass is 10.2. The van der Waals surface area contributed by atoms with E-state index in [0.29, 0.717) is 24.3 Å². The Labute approximate surface area is 134 Å². The van der Waals surface area contributed by atoms with E-state index in [0.717, 1.165) is 19.3 Å². The average Bonchev–Trinajstić information content (AvgIpc) is 3.04. The van der Waals surface area contributed by atoms with Gasteiger partial charge in [-0.15, -0.1) is 0 Å². The molecule has 8 heteroatoms. The average molecular weight is 334 g/mol. The molecule has 23 heavy (non-hydrogen) atoms. The Morgan fingerprint density at radius 3 is 2.61 bits per heavy atom. The number of nitrogens with zero attached hydrogens (tertiary/aromatic N) is 3. The molecule has 0 radical (unpaired) electrons. The summed E-state index contributed by atoms with van der Waals surface area (Å²) in [5.41, 5.74) is 0.893. The normalized spacial score (nSPS) is 15.6. The second-order valence-electron chi connectivity index (χ2n) is 5.46. The molecule has 1 fully saturated rings. The molecule has 122 valence electrons. The van der Waals surface area contributed by atoms with Gasteiger partial charge in [0.05, 0.1) is 22.3 Å². The quantitative estimate of drug-likeness (QED) is 0.874. The van der Waals surface area contributed by atoms with Crippen LogP contribution in [0.25, 0.3) is 5.69 Å². The van der Waals surface area contributed by atoms with E-state index in [4.69, 9.17) is 0 Å². The molecule has 0 unspecified atom stereocenters. The van der Waals surface area contributed by atoms with Gasteiger partial charge >= 0.3 is 0 Å². The molecule has 7 nitrogen and oxygen atoms in total.